The molecular formula is C13H12FN3O2. The summed E-state index contributed by atoms with van der Waals surface area (Å²) in [7, 11) is 0. The van der Waals surface area contributed by atoms with Crippen LogP contribution in [-0.2, 0) is 0 Å². The number of halogens is 1. The van der Waals surface area contributed by atoms with E-state index in [4.69, 9.17) is 5.73 Å². The van der Waals surface area contributed by atoms with E-state index in [1.54, 1.807) is 13.0 Å². The van der Waals surface area contributed by atoms with Gasteiger partial charge in [0.25, 0.3) is 5.91 Å². The summed E-state index contributed by atoms with van der Waals surface area (Å²) in [6.45, 7) is 1.72. The highest BCUT2D eigenvalue weighted by atomic mass is 19.1. The second-order valence-electron chi connectivity index (χ2n) is 4.01. The molecule has 4 N–H and O–H groups in total. The van der Waals surface area contributed by atoms with Crippen molar-refractivity contribution in [2.75, 3.05) is 11.1 Å². The second-order valence-corrected chi connectivity index (χ2v) is 4.01. The number of nitrogens with two attached hydrogens (primary N) is 1. The van der Waals surface area contributed by atoms with E-state index in [1.165, 1.54) is 18.2 Å². The normalized spacial score (nSPS) is 10.2. The first kappa shape index (κ1) is 12.8. The summed E-state index contributed by atoms with van der Waals surface area (Å²) >= 11 is 0. The van der Waals surface area contributed by atoms with Gasteiger partial charge in [-0.15, -0.1) is 0 Å². The lowest BCUT2D eigenvalue weighted by molar-refractivity contribution is 0.102. The third-order valence-corrected chi connectivity index (χ3v) is 2.51. The van der Waals surface area contributed by atoms with Gasteiger partial charge in [0.05, 0.1) is 5.69 Å². The van der Waals surface area contributed by atoms with Gasteiger partial charge in [-0.3, -0.25) is 4.79 Å². The van der Waals surface area contributed by atoms with Crippen LogP contribution in [0, 0.1) is 12.7 Å². The fourth-order valence-electron chi connectivity index (χ4n) is 1.49. The van der Waals surface area contributed by atoms with Crippen molar-refractivity contribution in [1.29, 1.82) is 0 Å². The number of carbonyl (C=O) groups is 1. The number of aryl methyl sites for hydroxylation is 1. The van der Waals surface area contributed by atoms with E-state index >= 15 is 0 Å². The molecule has 0 spiro atoms. The van der Waals surface area contributed by atoms with E-state index in [1.807, 2.05) is 0 Å². The van der Waals surface area contributed by atoms with Crippen LogP contribution in [0.25, 0.3) is 0 Å². The maximum absolute atomic E-state index is 13.3. The number of benzene rings is 1. The van der Waals surface area contributed by atoms with Crippen molar-refractivity contribution < 1.29 is 14.3 Å². The molecule has 19 heavy (non-hydrogen) atoms. The van der Waals surface area contributed by atoms with Crippen LogP contribution in [0.3, 0.4) is 0 Å². The number of anilines is 2. The molecule has 0 aliphatic carbocycles. The smallest absolute Gasteiger partial charge is 0.257 e. The molecule has 0 bridgehead atoms. The lowest BCUT2D eigenvalue weighted by Gasteiger charge is -2.07. The van der Waals surface area contributed by atoms with E-state index in [2.05, 4.69) is 10.3 Å². The first-order valence-electron chi connectivity index (χ1n) is 5.50. The molecule has 1 aromatic heterocycles. The Morgan fingerprint density at radius 2 is 2.11 bits per heavy atom. The molecule has 0 fully saturated rings. The van der Waals surface area contributed by atoms with Gasteiger partial charge in [0.2, 0.25) is 0 Å². The van der Waals surface area contributed by atoms with Crippen molar-refractivity contribution in [3.8, 4) is 5.75 Å². The van der Waals surface area contributed by atoms with Gasteiger partial charge in [-0.2, -0.15) is 0 Å². The molecule has 0 atom stereocenters. The van der Waals surface area contributed by atoms with Crippen molar-refractivity contribution in [2.24, 2.45) is 0 Å². The first-order chi connectivity index (χ1) is 8.97. The topological polar surface area (TPSA) is 88.2 Å². The Bertz CT molecular complexity index is 644. The number of nitrogens with one attached hydrogen (secondary N) is 1. The number of aromatic hydroxyl groups is 1. The van der Waals surface area contributed by atoms with Crippen LogP contribution in [-0.4, -0.2) is 16.0 Å². The average Bonchev–Trinajstić information content (AvgIpc) is 2.37. The Kier molecular flexibility index (Phi) is 3.33. The van der Waals surface area contributed by atoms with Gasteiger partial charge in [-0.05, 0) is 37.3 Å². The number of nitrogen functional groups attached to an aromatic ring is 1. The number of aromatic nitrogens is 1. The van der Waals surface area contributed by atoms with Gasteiger partial charge in [0.15, 0.2) is 11.6 Å². The van der Waals surface area contributed by atoms with E-state index < -0.39 is 11.7 Å². The minimum atomic E-state index is -0.672. The monoisotopic (exact) mass is 261 g/mol. The Morgan fingerprint density at radius 1 is 1.37 bits per heavy atom. The van der Waals surface area contributed by atoms with Crippen LogP contribution in [0.4, 0.5) is 15.9 Å². The summed E-state index contributed by atoms with van der Waals surface area (Å²) in [6.07, 6.45) is 0. The summed E-state index contributed by atoms with van der Waals surface area (Å²) in [5.41, 5.74) is 6.02. The lowest BCUT2D eigenvalue weighted by Crippen LogP contribution is -2.14. The van der Waals surface area contributed by atoms with Crippen LogP contribution in [0.15, 0.2) is 30.3 Å². The number of nitrogens with zero attached hydrogens (tertiary/aromatic N) is 1. The fraction of sp³-hybridized carbons (Fsp3) is 0.0769. The number of hydrogen-bond donors (Lipinski definition) is 3. The molecule has 5 nitrogen and oxygen atoms in total. The summed E-state index contributed by atoms with van der Waals surface area (Å²) in [6, 6.07) is 6.74. The van der Waals surface area contributed by atoms with Gasteiger partial charge in [-0.1, -0.05) is 0 Å². The highest BCUT2D eigenvalue weighted by Gasteiger charge is 2.12. The van der Waals surface area contributed by atoms with Crippen molar-refractivity contribution >= 4 is 17.4 Å². The highest BCUT2D eigenvalue weighted by molar-refractivity contribution is 6.04. The van der Waals surface area contributed by atoms with E-state index in [9.17, 15) is 14.3 Å². The predicted octanol–water partition coefficient (Wildman–Crippen LogP) is 2.07. The predicted molar refractivity (Wildman–Crippen MR) is 69.4 cm³/mol. The minimum absolute atomic E-state index is 0.0298. The quantitative estimate of drug-likeness (QED) is 0.722. The first-order valence-corrected chi connectivity index (χ1v) is 5.50. The average molecular weight is 261 g/mol. The van der Waals surface area contributed by atoms with Crippen LogP contribution in [0.5, 0.6) is 5.75 Å². The third kappa shape index (κ3) is 2.79. The molecule has 0 aliphatic heterocycles. The van der Waals surface area contributed by atoms with Crippen molar-refractivity contribution in [3.63, 3.8) is 0 Å². The molecule has 0 aliphatic rings. The molecule has 0 saturated carbocycles. The molecule has 98 valence electrons. The summed E-state index contributed by atoms with van der Waals surface area (Å²) < 4.78 is 13.3. The van der Waals surface area contributed by atoms with Crippen molar-refractivity contribution in [2.45, 2.75) is 6.92 Å². The van der Waals surface area contributed by atoms with Crippen molar-refractivity contribution in [1.82, 2.24) is 4.98 Å². The second kappa shape index (κ2) is 4.93. The Balaban J connectivity index is 2.25. The van der Waals surface area contributed by atoms with Gasteiger partial charge in [-0.25, -0.2) is 9.37 Å². The fourth-order valence-corrected chi connectivity index (χ4v) is 1.49. The number of hydrogen-bond acceptors (Lipinski definition) is 4. The highest BCUT2D eigenvalue weighted by Crippen LogP contribution is 2.21. The van der Waals surface area contributed by atoms with Crippen LogP contribution < -0.4 is 11.1 Å². The van der Waals surface area contributed by atoms with Gasteiger partial charge in [0, 0.05) is 11.3 Å². The summed E-state index contributed by atoms with van der Waals surface area (Å²) in [4.78, 5) is 15.8. The van der Waals surface area contributed by atoms with Crippen LogP contribution in [0.1, 0.15) is 16.1 Å². The molecule has 2 aromatic rings. The molecule has 1 heterocycles. The minimum Gasteiger partial charge on any atom is -0.504 e. The molecule has 2 rings (SSSR count). The maximum atomic E-state index is 13.3. The van der Waals surface area contributed by atoms with E-state index in [0.717, 1.165) is 6.07 Å². The molecule has 0 radical (unpaired) electrons. The maximum Gasteiger partial charge on any atom is 0.257 e. The summed E-state index contributed by atoms with van der Waals surface area (Å²) in [5, 5.41) is 12.0. The van der Waals surface area contributed by atoms with Gasteiger partial charge < -0.3 is 16.2 Å². The zero-order chi connectivity index (χ0) is 14.0. The Morgan fingerprint density at radius 3 is 2.79 bits per heavy atom. The standard InChI is InChI=1S/C13H12FN3O2/c1-7-2-5-11(18)12(16-7)17-13(19)8-3-4-10(15)9(14)6-8/h2-6,18H,15H2,1H3,(H,16,17,19). The molecule has 0 saturated heterocycles. The molecule has 1 aromatic carbocycles. The SMILES string of the molecule is Cc1ccc(O)c(NC(=O)c2ccc(N)c(F)c2)n1. The summed E-state index contributed by atoms with van der Waals surface area (Å²) in [5.74, 6) is -1.38. The molecule has 6 heteroatoms. The molecular weight excluding hydrogens is 249 g/mol. The van der Waals surface area contributed by atoms with Gasteiger partial charge in [0.1, 0.15) is 5.82 Å². The van der Waals surface area contributed by atoms with Crippen LogP contribution >= 0.6 is 0 Å². The zero-order valence-corrected chi connectivity index (χ0v) is 10.1. The van der Waals surface area contributed by atoms with E-state index in [0.29, 0.717) is 5.69 Å². The number of amides is 1. The number of carbonyl (C=O) groups excluding carboxylic acids is 1. The lowest BCUT2D eigenvalue weighted by atomic mass is 10.2. The number of pyridine rings is 1. The Labute approximate surface area is 108 Å². The Hall–Kier alpha value is -2.63. The van der Waals surface area contributed by atoms with E-state index in [-0.39, 0.29) is 22.8 Å². The van der Waals surface area contributed by atoms with Crippen LogP contribution in [0.2, 0.25) is 0 Å². The molecule has 1 amide bonds. The van der Waals surface area contributed by atoms with Gasteiger partial charge >= 0.3 is 0 Å². The zero-order valence-electron chi connectivity index (χ0n) is 10.1. The largest absolute Gasteiger partial charge is 0.504 e. The number of rotatable bonds is 2. The molecule has 0 unspecified atom stereocenters. The van der Waals surface area contributed by atoms with Crippen molar-refractivity contribution in [3.05, 3.63) is 47.4 Å². The third-order valence-electron chi connectivity index (χ3n) is 2.51.